The van der Waals surface area contributed by atoms with Gasteiger partial charge < -0.3 is 15.7 Å². The van der Waals surface area contributed by atoms with Gasteiger partial charge in [0.05, 0.1) is 17.8 Å². The molecule has 0 saturated carbocycles. The maximum Gasteiger partial charge on any atom is 0.308 e. The summed E-state index contributed by atoms with van der Waals surface area (Å²) in [6.07, 6.45) is 2.75. The van der Waals surface area contributed by atoms with Gasteiger partial charge in [0, 0.05) is 13.1 Å². The first kappa shape index (κ1) is 12.3. The zero-order chi connectivity index (χ0) is 13.1. The molecule has 2 rings (SSSR count). The van der Waals surface area contributed by atoms with Crippen LogP contribution in [0, 0.1) is 5.92 Å². The second-order valence-electron chi connectivity index (χ2n) is 4.41. The third-order valence-corrected chi connectivity index (χ3v) is 3.06. The van der Waals surface area contributed by atoms with E-state index in [9.17, 15) is 9.59 Å². The third kappa shape index (κ3) is 2.58. The lowest BCUT2D eigenvalue weighted by molar-refractivity contribution is -0.143. The van der Waals surface area contributed by atoms with Crippen molar-refractivity contribution < 1.29 is 14.7 Å². The maximum atomic E-state index is 12.1. The number of likely N-dealkylation sites (tertiary alicyclic amines) is 1. The second kappa shape index (κ2) is 5.03. The SMILES string of the molecule is Nc1ccc(C(=O)N2CCCC(C(=O)O)C2)nc1. The van der Waals surface area contributed by atoms with Crippen LogP contribution in [-0.2, 0) is 4.79 Å². The Morgan fingerprint density at radius 2 is 2.22 bits per heavy atom. The van der Waals surface area contributed by atoms with Crippen molar-refractivity contribution in [3.05, 3.63) is 24.0 Å². The number of piperidine rings is 1. The van der Waals surface area contributed by atoms with Crippen LogP contribution in [0.15, 0.2) is 18.3 Å². The molecule has 1 aromatic rings. The van der Waals surface area contributed by atoms with Gasteiger partial charge in [0.1, 0.15) is 5.69 Å². The first-order valence-corrected chi connectivity index (χ1v) is 5.81. The van der Waals surface area contributed by atoms with E-state index in [1.54, 1.807) is 17.0 Å². The Labute approximate surface area is 104 Å². The molecule has 1 fully saturated rings. The quantitative estimate of drug-likeness (QED) is 0.800. The van der Waals surface area contributed by atoms with Crippen molar-refractivity contribution in [3.8, 4) is 0 Å². The molecule has 0 aliphatic carbocycles. The van der Waals surface area contributed by atoms with E-state index in [1.165, 1.54) is 6.20 Å². The third-order valence-electron chi connectivity index (χ3n) is 3.06. The Morgan fingerprint density at radius 3 is 2.83 bits per heavy atom. The molecule has 1 aliphatic heterocycles. The molecule has 0 aromatic carbocycles. The molecule has 6 nitrogen and oxygen atoms in total. The van der Waals surface area contributed by atoms with Crippen LogP contribution in [0.3, 0.4) is 0 Å². The van der Waals surface area contributed by atoms with Crippen molar-refractivity contribution in [2.75, 3.05) is 18.8 Å². The first-order valence-electron chi connectivity index (χ1n) is 5.81. The number of carboxylic acids is 1. The van der Waals surface area contributed by atoms with Gasteiger partial charge >= 0.3 is 5.97 Å². The number of rotatable bonds is 2. The average Bonchev–Trinajstić information content (AvgIpc) is 2.39. The number of nitrogen functional groups attached to an aromatic ring is 1. The van der Waals surface area contributed by atoms with E-state index in [0.717, 1.165) is 0 Å². The summed E-state index contributed by atoms with van der Waals surface area (Å²) in [6.45, 7) is 0.828. The van der Waals surface area contributed by atoms with Gasteiger partial charge in [-0.05, 0) is 25.0 Å². The molecule has 1 atom stereocenters. The lowest BCUT2D eigenvalue weighted by atomic mass is 9.98. The molecule has 3 N–H and O–H groups in total. The maximum absolute atomic E-state index is 12.1. The predicted octanol–water partition coefficient (Wildman–Crippen LogP) is 0.601. The number of hydrogen-bond donors (Lipinski definition) is 2. The fraction of sp³-hybridized carbons (Fsp3) is 0.417. The molecule has 1 amide bonds. The number of aliphatic carboxylic acids is 1. The number of pyridine rings is 1. The number of nitrogens with zero attached hydrogens (tertiary/aromatic N) is 2. The number of nitrogens with two attached hydrogens (primary N) is 1. The molecular formula is C12H15N3O3. The van der Waals surface area contributed by atoms with Crippen LogP contribution in [-0.4, -0.2) is 40.0 Å². The summed E-state index contributed by atoms with van der Waals surface area (Å²) in [5.74, 6) is -1.56. The molecule has 1 aromatic heterocycles. The van der Waals surface area contributed by atoms with Gasteiger partial charge in [0.25, 0.3) is 5.91 Å². The minimum Gasteiger partial charge on any atom is -0.481 e. The first-order chi connectivity index (χ1) is 8.58. The summed E-state index contributed by atoms with van der Waals surface area (Å²) in [5, 5.41) is 8.97. The summed E-state index contributed by atoms with van der Waals surface area (Å²) in [5.41, 5.74) is 6.30. The molecular weight excluding hydrogens is 234 g/mol. The van der Waals surface area contributed by atoms with E-state index in [1.807, 2.05) is 0 Å². The van der Waals surface area contributed by atoms with E-state index >= 15 is 0 Å². The standard InChI is InChI=1S/C12H15N3O3/c13-9-3-4-10(14-6-9)11(16)15-5-1-2-8(7-15)12(17)18/h3-4,6,8H,1-2,5,7,13H2,(H,17,18). The number of carboxylic acid groups (broad SMARTS) is 1. The van der Waals surface area contributed by atoms with Crippen LogP contribution in [0.4, 0.5) is 5.69 Å². The highest BCUT2D eigenvalue weighted by atomic mass is 16.4. The predicted molar refractivity (Wildman–Crippen MR) is 64.9 cm³/mol. The molecule has 96 valence electrons. The van der Waals surface area contributed by atoms with Crippen LogP contribution in [0.25, 0.3) is 0 Å². The van der Waals surface area contributed by atoms with Gasteiger partial charge in [-0.2, -0.15) is 0 Å². The van der Waals surface area contributed by atoms with Crippen molar-refractivity contribution in [1.82, 2.24) is 9.88 Å². The van der Waals surface area contributed by atoms with E-state index in [2.05, 4.69) is 4.98 Å². The highest BCUT2D eigenvalue weighted by molar-refractivity contribution is 5.92. The molecule has 18 heavy (non-hydrogen) atoms. The van der Waals surface area contributed by atoms with E-state index in [-0.39, 0.29) is 12.5 Å². The Kier molecular flexibility index (Phi) is 3.45. The molecule has 1 saturated heterocycles. The summed E-state index contributed by atoms with van der Waals surface area (Å²) in [6, 6.07) is 3.17. The lowest BCUT2D eigenvalue weighted by Gasteiger charge is -2.30. The van der Waals surface area contributed by atoms with Gasteiger partial charge in [-0.25, -0.2) is 4.98 Å². The Morgan fingerprint density at radius 1 is 1.44 bits per heavy atom. The van der Waals surface area contributed by atoms with Crippen molar-refractivity contribution in [2.24, 2.45) is 5.92 Å². The summed E-state index contributed by atoms with van der Waals surface area (Å²) in [4.78, 5) is 28.5. The highest BCUT2D eigenvalue weighted by Gasteiger charge is 2.28. The molecule has 1 aliphatic rings. The lowest BCUT2D eigenvalue weighted by Crippen LogP contribution is -2.42. The van der Waals surface area contributed by atoms with Crippen LogP contribution >= 0.6 is 0 Å². The molecule has 1 unspecified atom stereocenters. The van der Waals surface area contributed by atoms with E-state index < -0.39 is 11.9 Å². The summed E-state index contributed by atoms with van der Waals surface area (Å²) < 4.78 is 0. The minimum atomic E-state index is -0.849. The Bertz CT molecular complexity index is 458. The fourth-order valence-electron chi connectivity index (χ4n) is 2.06. The monoisotopic (exact) mass is 249 g/mol. The fourth-order valence-corrected chi connectivity index (χ4v) is 2.06. The van der Waals surface area contributed by atoms with Crippen molar-refractivity contribution in [1.29, 1.82) is 0 Å². The van der Waals surface area contributed by atoms with Crippen molar-refractivity contribution >= 4 is 17.6 Å². The molecule has 0 radical (unpaired) electrons. The number of carbonyl (C=O) groups excluding carboxylic acids is 1. The number of carbonyl (C=O) groups is 2. The topological polar surface area (TPSA) is 96.5 Å². The Balaban J connectivity index is 2.09. The second-order valence-corrected chi connectivity index (χ2v) is 4.41. The number of aromatic nitrogens is 1. The van der Waals surface area contributed by atoms with Crippen molar-refractivity contribution in [2.45, 2.75) is 12.8 Å². The van der Waals surface area contributed by atoms with E-state index in [0.29, 0.717) is 30.8 Å². The largest absolute Gasteiger partial charge is 0.481 e. The van der Waals surface area contributed by atoms with Crippen LogP contribution < -0.4 is 5.73 Å². The average molecular weight is 249 g/mol. The van der Waals surface area contributed by atoms with Gasteiger partial charge in [-0.1, -0.05) is 0 Å². The van der Waals surface area contributed by atoms with Gasteiger partial charge in [0.15, 0.2) is 0 Å². The van der Waals surface area contributed by atoms with Gasteiger partial charge in [-0.3, -0.25) is 9.59 Å². The van der Waals surface area contributed by atoms with Crippen LogP contribution in [0.2, 0.25) is 0 Å². The Hall–Kier alpha value is -2.11. The number of amides is 1. The number of anilines is 1. The smallest absolute Gasteiger partial charge is 0.308 e. The molecule has 0 spiro atoms. The van der Waals surface area contributed by atoms with Crippen LogP contribution in [0.1, 0.15) is 23.3 Å². The van der Waals surface area contributed by atoms with Crippen molar-refractivity contribution in [3.63, 3.8) is 0 Å². The van der Waals surface area contributed by atoms with Gasteiger partial charge in [-0.15, -0.1) is 0 Å². The number of hydrogen-bond acceptors (Lipinski definition) is 4. The normalized spacial score (nSPS) is 19.6. The highest BCUT2D eigenvalue weighted by Crippen LogP contribution is 2.18. The van der Waals surface area contributed by atoms with E-state index in [4.69, 9.17) is 10.8 Å². The van der Waals surface area contributed by atoms with Gasteiger partial charge in [0.2, 0.25) is 0 Å². The van der Waals surface area contributed by atoms with Crippen LogP contribution in [0.5, 0.6) is 0 Å². The molecule has 6 heteroatoms. The summed E-state index contributed by atoms with van der Waals surface area (Å²) >= 11 is 0. The minimum absolute atomic E-state index is 0.235. The molecule has 0 bridgehead atoms. The molecule has 2 heterocycles. The summed E-state index contributed by atoms with van der Waals surface area (Å²) in [7, 11) is 0. The zero-order valence-electron chi connectivity index (χ0n) is 9.87. The zero-order valence-corrected chi connectivity index (χ0v) is 9.87.